The Kier molecular flexibility index (Phi) is 2.30. The quantitative estimate of drug-likeness (QED) is 0.737. The van der Waals surface area contributed by atoms with Crippen LogP contribution >= 0.6 is 11.5 Å². The van der Waals surface area contributed by atoms with E-state index in [4.69, 9.17) is 5.11 Å². The van der Waals surface area contributed by atoms with E-state index >= 15 is 0 Å². The summed E-state index contributed by atoms with van der Waals surface area (Å²) in [5.41, 5.74) is 0.825. The lowest BCUT2D eigenvalue weighted by molar-refractivity contribution is 0.0698. The molecule has 0 saturated heterocycles. The fraction of sp³-hybridized carbons (Fsp3) is 0. The van der Waals surface area contributed by atoms with Gasteiger partial charge in [0.05, 0.1) is 11.1 Å². The number of fused-ring (bicyclic) bond motifs is 1. The van der Waals surface area contributed by atoms with Crippen LogP contribution in [0.4, 0.5) is 4.39 Å². The Balaban J connectivity index is 2.29. The van der Waals surface area contributed by atoms with Gasteiger partial charge >= 0.3 is 5.97 Å². The van der Waals surface area contributed by atoms with Crippen molar-refractivity contribution >= 4 is 28.5 Å². The van der Waals surface area contributed by atoms with Crippen LogP contribution in [0.3, 0.4) is 0 Å². The minimum atomic E-state index is -1.23. The minimum absolute atomic E-state index is 0.185. The number of carboxylic acid groups (broad SMARTS) is 1. The van der Waals surface area contributed by atoms with Crippen molar-refractivity contribution in [2.75, 3.05) is 0 Å². The highest BCUT2D eigenvalue weighted by atomic mass is 32.1. The van der Waals surface area contributed by atoms with Gasteiger partial charge in [0, 0.05) is 5.38 Å². The number of aromatic nitrogens is 4. The summed E-state index contributed by atoms with van der Waals surface area (Å²) in [6.07, 6.45) is 0. The predicted octanol–water partition coefficient (Wildman–Crippen LogP) is 1.92. The van der Waals surface area contributed by atoms with Crippen LogP contribution in [0.15, 0.2) is 17.5 Å². The summed E-state index contributed by atoms with van der Waals surface area (Å²) < 4.78 is 17.0. The van der Waals surface area contributed by atoms with Crippen LogP contribution in [-0.4, -0.2) is 30.6 Å². The molecule has 0 unspecified atom stereocenters. The molecule has 1 aromatic carbocycles. The fourth-order valence-electron chi connectivity index (χ4n) is 1.63. The lowest BCUT2D eigenvalue weighted by Crippen LogP contribution is -1.98. The summed E-state index contributed by atoms with van der Waals surface area (Å²) in [5.74, 6) is -1.49. The fourth-order valence-corrected chi connectivity index (χ4v) is 2.08. The van der Waals surface area contributed by atoms with Crippen LogP contribution in [0.25, 0.3) is 22.6 Å². The van der Waals surface area contributed by atoms with E-state index in [-0.39, 0.29) is 11.1 Å². The largest absolute Gasteiger partial charge is 0.478 e. The zero-order chi connectivity index (χ0) is 12.7. The summed E-state index contributed by atoms with van der Waals surface area (Å²) in [7, 11) is 0. The molecule has 3 rings (SSSR count). The Bertz CT molecular complexity index is 738. The van der Waals surface area contributed by atoms with E-state index in [2.05, 4.69) is 19.6 Å². The maximum Gasteiger partial charge on any atom is 0.338 e. The average Bonchev–Trinajstić information content (AvgIpc) is 2.95. The number of hydrogen-bond acceptors (Lipinski definition) is 5. The van der Waals surface area contributed by atoms with E-state index < -0.39 is 11.8 Å². The summed E-state index contributed by atoms with van der Waals surface area (Å²) in [6, 6.07) is 2.13. The third-order valence-electron chi connectivity index (χ3n) is 2.38. The van der Waals surface area contributed by atoms with Gasteiger partial charge in [-0.1, -0.05) is 4.49 Å². The molecule has 2 aromatic heterocycles. The van der Waals surface area contributed by atoms with E-state index in [0.29, 0.717) is 17.0 Å². The molecule has 0 aliphatic heterocycles. The number of hydrogen-bond donors (Lipinski definition) is 2. The van der Waals surface area contributed by atoms with Crippen LogP contribution in [-0.2, 0) is 0 Å². The van der Waals surface area contributed by atoms with Crippen molar-refractivity contribution in [3.05, 3.63) is 28.9 Å². The highest BCUT2D eigenvalue weighted by Crippen LogP contribution is 2.23. The number of benzene rings is 1. The molecule has 90 valence electrons. The van der Waals surface area contributed by atoms with Crippen LogP contribution in [0.2, 0.25) is 0 Å². The number of nitrogens with one attached hydrogen (secondary N) is 1. The summed E-state index contributed by atoms with van der Waals surface area (Å²) in [5, 5.41) is 14.5. The lowest BCUT2D eigenvalue weighted by atomic mass is 10.2. The molecule has 2 heterocycles. The second kappa shape index (κ2) is 3.84. The molecule has 2 N–H and O–H groups in total. The van der Waals surface area contributed by atoms with Crippen LogP contribution in [0.1, 0.15) is 10.4 Å². The molecular weight excluding hydrogens is 259 g/mol. The standard InChI is InChI=1S/C10H5FN4O2S/c11-4-1-5(10(16)17)8-6(2-4)12-9(13-8)7-3-18-15-14-7/h1-3H,(H,12,13)(H,16,17). The maximum absolute atomic E-state index is 13.3. The zero-order valence-corrected chi connectivity index (χ0v) is 9.53. The molecule has 0 saturated carbocycles. The smallest absolute Gasteiger partial charge is 0.338 e. The van der Waals surface area contributed by atoms with Gasteiger partial charge < -0.3 is 10.1 Å². The molecule has 0 fully saturated rings. The van der Waals surface area contributed by atoms with Gasteiger partial charge in [-0.15, -0.1) is 5.10 Å². The Morgan fingerprint density at radius 3 is 2.94 bits per heavy atom. The highest BCUT2D eigenvalue weighted by Gasteiger charge is 2.16. The van der Waals surface area contributed by atoms with Gasteiger partial charge in [0.2, 0.25) is 0 Å². The zero-order valence-electron chi connectivity index (χ0n) is 8.72. The van der Waals surface area contributed by atoms with Crippen molar-refractivity contribution in [3.63, 3.8) is 0 Å². The number of H-pyrrole nitrogens is 1. The Morgan fingerprint density at radius 2 is 2.28 bits per heavy atom. The molecule has 0 spiro atoms. The molecule has 0 aliphatic rings. The molecule has 0 aliphatic carbocycles. The number of carboxylic acids is 1. The lowest BCUT2D eigenvalue weighted by Gasteiger charge is -1.95. The highest BCUT2D eigenvalue weighted by molar-refractivity contribution is 7.03. The first kappa shape index (κ1) is 10.8. The molecule has 0 bridgehead atoms. The number of aromatic amines is 1. The van der Waals surface area contributed by atoms with Crippen LogP contribution in [0.5, 0.6) is 0 Å². The SMILES string of the molecule is O=C(O)c1cc(F)cc2[nH]c(-c3csnn3)nc12. The molecule has 18 heavy (non-hydrogen) atoms. The molecule has 3 aromatic rings. The number of aromatic carboxylic acids is 1. The van der Waals surface area contributed by atoms with Crippen molar-refractivity contribution in [3.8, 4) is 11.5 Å². The van der Waals surface area contributed by atoms with Gasteiger partial charge in [0.1, 0.15) is 17.0 Å². The summed E-state index contributed by atoms with van der Waals surface area (Å²) in [4.78, 5) is 18.0. The maximum atomic E-state index is 13.3. The van der Waals surface area contributed by atoms with Crippen LogP contribution in [0, 0.1) is 5.82 Å². The van der Waals surface area contributed by atoms with E-state index in [1.165, 1.54) is 6.07 Å². The van der Waals surface area contributed by atoms with E-state index in [1.54, 1.807) is 5.38 Å². The first-order valence-electron chi connectivity index (χ1n) is 4.85. The number of nitrogens with zero attached hydrogens (tertiary/aromatic N) is 3. The van der Waals surface area contributed by atoms with E-state index in [1.807, 2.05) is 0 Å². The van der Waals surface area contributed by atoms with Crippen molar-refractivity contribution in [1.29, 1.82) is 0 Å². The predicted molar refractivity (Wildman–Crippen MR) is 61.9 cm³/mol. The van der Waals surface area contributed by atoms with Crippen molar-refractivity contribution in [2.45, 2.75) is 0 Å². The second-order valence-corrected chi connectivity index (χ2v) is 4.14. The Morgan fingerprint density at radius 1 is 1.44 bits per heavy atom. The normalized spacial score (nSPS) is 10.9. The summed E-state index contributed by atoms with van der Waals surface area (Å²) in [6.45, 7) is 0. The molecule has 0 amide bonds. The van der Waals surface area contributed by atoms with Crippen molar-refractivity contribution in [2.24, 2.45) is 0 Å². The summed E-state index contributed by atoms with van der Waals surface area (Å²) >= 11 is 1.15. The van der Waals surface area contributed by atoms with Crippen molar-refractivity contribution < 1.29 is 14.3 Å². The van der Waals surface area contributed by atoms with Gasteiger partial charge in [-0.05, 0) is 23.7 Å². The first-order valence-corrected chi connectivity index (χ1v) is 5.69. The number of halogens is 1. The van der Waals surface area contributed by atoms with E-state index in [0.717, 1.165) is 17.6 Å². The topological polar surface area (TPSA) is 91.8 Å². The Hall–Kier alpha value is -2.35. The van der Waals surface area contributed by atoms with E-state index in [9.17, 15) is 9.18 Å². The molecule has 8 heteroatoms. The first-order chi connectivity index (χ1) is 8.65. The second-order valence-electron chi connectivity index (χ2n) is 3.53. The van der Waals surface area contributed by atoms with Gasteiger partial charge in [-0.25, -0.2) is 14.2 Å². The van der Waals surface area contributed by atoms with Gasteiger partial charge in [0.25, 0.3) is 0 Å². The molecule has 6 nitrogen and oxygen atoms in total. The molecular formula is C10H5FN4O2S. The average molecular weight is 264 g/mol. The minimum Gasteiger partial charge on any atom is -0.478 e. The molecule has 0 radical (unpaired) electrons. The monoisotopic (exact) mass is 264 g/mol. The Labute approximate surface area is 103 Å². The number of imidazole rings is 1. The van der Waals surface area contributed by atoms with Crippen molar-refractivity contribution in [1.82, 2.24) is 19.6 Å². The molecule has 0 atom stereocenters. The number of rotatable bonds is 2. The van der Waals surface area contributed by atoms with Crippen LogP contribution < -0.4 is 0 Å². The third-order valence-corrected chi connectivity index (χ3v) is 2.89. The third kappa shape index (κ3) is 1.63. The number of carbonyl (C=O) groups is 1. The van der Waals surface area contributed by atoms with Gasteiger partial charge in [-0.3, -0.25) is 0 Å². The van der Waals surface area contributed by atoms with Gasteiger partial charge in [-0.2, -0.15) is 0 Å². The van der Waals surface area contributed by atoms with Gasteiger partial charge in [0.15, 0.2) is 5.82 Å².